The summed E-state index contributed by atoms with van der Waals surface area (Å²) >= 11 is 0. The molecule has 1 atom stereocenters. The van der Waals surface area contributed by atoms with Gasteiger partial charge in [0.1, 0.15) is 18.4 Å². The highest BCUT2D eigenvalue weighted by atomic mass is 16.5. The molecule has 1 aromatic heterocycles. The van der Waals surface area contributed by atoms with E-state index in [1.54, 1.807) is 11.0 Å². The number of aryl methyl sites for hydroxylation is 1. The van der Waals surface area contributed by atoms with Gasteiger partial charge in [-0.3, -0.25) is 4.79 Å². The van der Waals surface area contributed by atoms with Crippen molar-refractivity contribution in [2.24, 2.45) is 5.92 Å². The predicted molar refractivity (Wildman–Crippen MR) is 111 cm³/mol. The zero-order valence-corrected chi connectivity index (χ0v) is 16.7. The number of hydrogen-bond acceptors (Lipinski definition) is 4. The minimum Gasteiger partial charge on any atom is -0.493 e. The summed E-state index contributed by atoms with van der Waals surface area (Å²) < 4.78 is 7.79. The van der Waals surface area contributed by atoms with E-state index in [0.29, 0.717) is 19.1 Å². The maximum atomic E-state index is 13.1. The molecule has 3 aromatic rings. The van der Waals surface area contributed by atoms with E-state index in [9.17, 15) is 4.79 Å². The highest BCUT2D eigenvalue weighted by Crippen LogP contribution is 2.22. The number of carbonyl (C=O) groups is 1. The Morgan fingerprint density at radius 1 is 1.21 bits per heavy atom. The van der Waals surface area contributed by atoms with Crippen LogP contribution in [0.15, 0.2) is 61.2 Å². The summed E-state index contributed by atoms with van der Waals surface area (Å²) in [6, 6.07) is 15.8. The average molecular weight is 390 g/mol. The first kappa shape index (κ1) is 19.2. The number of nitrogens with zero attached hydrogens (tertiary/aromatic N) is 4. The third kappa shape index (κ3) is 4.83. The molecule has 1 saturated heterocycles. The molecule has 4 rings (SSSR count). The molecule has 6 nitrogen and oxygen atoms in total. The van der Waals surface area contributed by atoms with Crippen LogP contribution in [0.3, 0.4) is 0 Å². The topological polar surface area (TPSA) is 60.2 Å². The molecule has 0 unspecified atom stereocenters. The zero-order chi connectivity index (χ0) is 20.1. The van der Waals surface area contributed by atoms with Crippen molar-refractivity contribution < 1.29 is 9.53 Å². The second-order valence-electron chi connectivity index (χ2n) is 7.63. The van der Waals surface area contributed by atoms with E-state index in [1.807, 2.05) is 47.4 Å². The smallest absolute Gasteiger partial charge is 0.253 e. The van der Waals surface area contributed by atoms with E-state index >= 15 is 0 Å². The molecule has 6 heteroatoms. The van der Waals surface area contributed by atoms with Gasteiger partial charge in [0.15, 0.2) is 0 Å². The van der Waals surface area contributed by atoms with Crippen molar-refractivity contribution in [2.75, 3.05) is 19.7 Å². The van der Waals surface area contributed by atoms with Crippen LogP contribution in [-0.4, -0.2) is 45.3 Å². The highest BCUT2D eigenvalue weighted by molar-refractivity contribution is 5.94. The number of rotatable bonds is 6. The van der Waals surface area contributed by atoms with Gasteiger partial charge in [0.25, 0.3) is 5.91 Å². The molecule has 150 valence electrons. The van der Waals surface area contributed by atoms with Crippen LogP contribution in [0.4, 0.5) is 0 Å². The summed E-state index contributed by atoms with van der Waals surface area (Å²) in [5, 5.41) is 4.13. The predicted octanol–water partition coefficient (Wildman–Crippen LogP) is 3.57. The van der Waals surface area contributed by atoms with Crippen molar-refractivity contribution in [3.8, 4) is 5.75 Å². The number of aromatic nitrogens is 3. The van der Waals surface area contributed by atoms with Crippen molar-refractivity contribution in [3.63, 3.8) is 0 Å². The van der Waals surface area contributed by atoms with Gasteiger partial charge in [-0.25, -0.2) is 9.67 Å². The molecule has 2 heterocycles. The Morgan fingerprint density at radius 2 is 2.10 bits per heavy atom. The SMILES string of the molecule is Cc1ccccc1OC[C@H]1CCCN(C(=O)c2cccc(Cn3cncn3)c2)C1. The number of amides is 1. The maximum Gasteiger partial charge on any atom is 0.253 e. The van der Waals surface area contributed by atoms with Crippen LogP contribution in [0, 0.1) is 12.8 Å². The molecule has 29 heavy (non-hydrogen) atoms. The molecule has 2 aromatic carbocycles. The fourth-order valence-corrected chi connectivity index (χ4v) is 3.80. The lowest BCUT2D eigenvalue weighted by Gasteiger charge is -2.33. The van der Waals surface area contributed by atoms with Crippen LogP contribution in [0.2, 0.25) is 0 Å². The van der Waals surface area contributed by atoms with Crippen LogP contribution >= 0.6 is 0 Å². The monoisotopic (exact) mass is 390 g/mol. The van der Waals surface area contributed by atoms with Crippen LogP contribution in [-0.2, 0) is 6.54 Å². The summed E-state index contributed by atoms with van der Waals surface area (Å²) in [6.45, 7) is 4.83. The van der Waals surface area contributed by atoms with E-state index in [4.69, 9.17) is 4.74 Å². The summed E-state index contributed by atoms with van der Waals surface area (Å²) in [5.41, 5.74) is 2.90. The summed E-state index contributed by atoms with van der Waals surface area (Å²) in [7, 11) is 0. The summed E-state index contributed by atoms with van der Waals surface area (Å²) in [6.07, 6.45) is 5.29. The van der Waals surface area contributed by atoms with E-state index in [2.05, 4.69) is 23.1 Å². The largest absolute Gasteiger partial charge is 0.493 e. The van der Waals surface area contributed by atoms with Crippen molar-refractivity contribution in [1.82, 2.24) is 19.7 Å². The van der Waals surface area contributed by atoms with Crippen molar-refractivity contribution in [1.29, 1.82) is 0 Å². The van der Waals surface area contributed by atoms with E-state index in [0.717, 1.165) is 48.4 Å². The van der Waals surface area contributed by atoms with Crippen LogP contribution in [0.1, 0.15) is 34.3 Å². The number of hydrogen-bond donors (Lipinski definition) is 0. The third-order valence-electron chi connectivity index (χ3n) is 5.36. The fraction of sp³-hybridized carbons (Fsp3) is 0.348. The van der Waals surface area contributed by atoms with Gasteiger partial charge < -0.3 is 9.64 Å². The normalized spacial score (nSPS) is 16.6. The van der Waals surface area contributed by atoms with Crippen molar-refractivity contribution >= 4 is 5.91 Å². The molecule has 1 aliphatic rings. The third-order valence-corrected chi connectivity index (χ3v) is 5.36. The van der Waals surface area contributed by atoms with Crippen molar-refractivity contribution in [3.05, 3.63) is 77.9 Å². The fourth-order valence-electron chi connectivity index (χ4n) is 3.80. The van der Waals surface area contributed by atoms with E-state index in [1.165, 1.54) is 6.33 Å². The molecule has 0 spiro atoms. The van der Waals surface area contributed by atoms with Gasteiger partial charge in [0.2, 0.25) is 0 Å². The first-order valence-electron chi connectivity index (χ1n) is 10.1. The number of benzene rings is 2. The second kappa shape index (κ2) is 8.90. The minimum absolute atomic E-state index is 0.0889. The zero-order valence-electron chi connectivity index (χ0n) is 16.7. The molecule has 0 aliphatic carbocycles. The minimum atomic E-state index is 0.0889. The van der Waals surface area contributed by atoms with Gasteiger partial charge in [0, 0.05) is 24.6 Å². The van der Waals surface area contributed by atoms with Gasteiger partial charge in [0.05, 0.1) is 13.2 Å². The van der Waals surface area contributed by atoms with Crippen LogP contribution in [0.25, 0.3) is 0 Å². The molecule has 1 fully saturated rings. The van der Waals surface area contributed by atoms with Gasteiger partial charge in [-0.15, -0.1) is 0 Å². The van der Waals surface area contributed by atoms with Crippen LogP contribution < -0.4 is 4.74 Å². The molecule has 0 bridgehead atoms. The molecular weight excluding hydrogens is 364 g/mol. The van der Waals surface area contributed by atoms with Gasteiger partial charge in [-0.05, 0) is 49.1 Å². The standard InChI is InChI=1S/C23H26N4O2/c1-18-6-2-3-10-22(18)29-15-20-8-5-11-26(13-20)23(28)21-9-4-7-19(12-21)14-27-17-24-16-25-27/h2-4,6-7,9-10,12,16-17,20H,5,8,11,13-15H2,1H3/t20-/m0/s1. The van der Waals surface area contributed by atoms with E-state index in [-0.39, 0.29) is 5.91 Å². The average Bonchev–Trinajstić information content (AvgIpc) is 3.26. The number of ether oxygens (including phenoxy) is 1. The summed E-state index contributed by atoms with van der Waals surface area (Å²) in [4.78, 5) is 19.0. The molecule has 0 N–H and O–H groups in total. The molecule has 1 amide bonds. The lowest BCUT2D eigenvalue weighted by Crippen LogP contribution is -2.41. The Kier molecular flexibility index (Phi) is 5.89. The quantitative estimate of drug-likeness (QED) is 0.646. The lowest BCUT2D eigenvalue weighted by molar-refractivity contribution is 0.0633. The molecular formula is C23H26N4O2. The molecule has 1 aliphatic heterocycles. The maximum absolute atomic E-state index is 13.1. The van der Waals surface area contributed by atoms with Crippen LogP contribution in [0.5, 0.6) is 5.75 Å². The Hall–Kier alpha value is -3.15. The number of para-hydroxylation sites is 1. The van der Waals surface area contributed by atoms with Crippen molar-refractivity contribution in [2.45, 2.75) is 26.3 Å². The first-order valence-corrected chi connectivity index (χ1v) is 10.1. The van der Waals surface area contributed by atoms with Gasteiger partial charge in [-0.2, -0.15) is 5.10 Å². The van der Waals surface area contributed by atoms with Gasteiger partial charge in [-0.1, -0.05) is 30.3 Å². The number of carbonyl (C=O) groups excluding carboxylic acids is 1. The second-order valence-corrected chi connectivity index (χ2v) is 7.63. The lowest BCUT2D eigenvalue weighted by atomic mass is 9.98. The Bertz CT molecular complexity index is 955. The molecule has 0 saturated carbocycles. The Balaban J connectivity index is 1.38. The molecule has 0 radical (unpaired) electrons. The number of piperidine rings is 1. The summed E-state index contributed by atoms with van der Waals surface area (Å²) in [5.74, 6) is 1.37. The highest BCUT2D eigenvalue weighted by Gasteiger charge is 2.25. The first-order chi connectivity index (χ1) is 14.2. The van der Waals surface area contributed by atoms with E-state index < -0.39 is 0 Å². The Morgan fingerprint density at radius 3 is 2.93 bits per heavy atom. The number of likely N-dealkylation sites (tertiary alicyclic amines) is 1. The Labute approximate surface area is 171 Å². The van der Waals surface area contributed by atoms with Gasteiger partial charge >= 0.3 is 0 Å².